The second kappa shape index (κ2) is 14.7. The Morgan fingerprint density at radius 2 is 1.26 bits per heavy atom. The average Bonchev–Trinajstić information content (AvgIpc) is 2.68. The molecule has 0 bridgehead atoms. The van der Waals surface area contributed by atoms with Crippen LogP contribution in [0, 0.1) is 0 Å². The van der Waals surface area contributed by atoms with Crippen LogP contribution < -0.4 is 27.4 Å². The molecule has 31 heavy (non-hydrogen) atoms. The molecular weight excluding hydrogens is 418 g/mol. The van der Waals surface area contributed by atoms with E-state index in [-0.39, 0.29) is 13.0 Å². The third-order valence-corrected chi connectivity index (χ3v) is 4.06. The summed E-state index contributed by atoms with van der Waals surface area (Å²) < 4.78 is 0. The molecule has 0 rings (SSSR count). The lowest BCUT2D eigenvalue weighted by Gasteiger charge is -2.24. The second-order valence-corrected chi connectivity index (χ2v) is 6.60. The molecular formula is C17H29N5O9. The number of nitrogens with two attached hydrogens (primary N) is 2. The SMILES string of the molecule is NCCCCC(NC(=O)CN)C(=O)NC(CCC(=O)O)C(=O)NC(CC(=O)O)C(=O)O. The third kappa shape index (κ3) is 12.1. The summed E-state index contributed by atoms with van der Waals surface area (Å²) in [5, 5.41) is 33.3. The number of nitrogens with one attached hydrogen (secondary N) is 3. The molecule has 0 saturated carbocycles. The van der Waals surface area contributed by atoms with Gasteiger partial charge in [-0.15, -0.1) is 0 Å². The molecule has 176 valence electrons. The first-order valence-electron chi connectivity index (χ1n) is 9.48. The molecule has 0 aromatic carbocycles. The van der Waals surface area contributed by atoms with E-state index in [0.717, 1.165) is 0 Å². The van der Waals surface area contributed by atoms with E-state index < -0.39 is 73.0 Å². The molecule has 3 amide bonds. The molecule has 0 aliphatic heterocycles. The second-order valence-electron chi connectivity index (χ2n) is 6.60. The predicted octanol–water partition coefficient (Wildman–Crippen LogP) is -3.05. The Kier molecular flexibility index (Phi) is 13.1. The number of amides is 3. The van der Waals surface area contributed by atoms with Crippen molar-refractivity contribution in [2.24, 2.45) is 11.5 Å². The minimum absolute atomic E-state index is 0.165. The predicted molar refractivity (Wildman–Crippen MR) is 105 cm³/mol. The highest BCUT2D eigenvalue weighted by molar-refractivity contribution is 5.94. The fraction of sp³-hybridized carbons (Fsp3) is 0.647. The van der Waals surface area contributed by atoms with E-state index in [1.165, 1.54) is 0 Å². The van der Waals surface area contributed by atoms with Crippen LogP contribution in [-0.4, -0.2) is 82.2 Å². The van der Waals surface area contributed by atoms with Crippen molar-refractivity contribution in [3.8, 4) is 0 Å². The zero-order valence-electron chi connectivity index (χ0n) is 16.8. The number of carboxylic acid groups (broad SMARTS) is 3. The van der Waals surface area contributed by atoms with E-state index in [4.69, 9.17) is 26.8 Å². The summed E-state index contributed by atoms with van der Waals surface area (Å²) in [5.74, 6) is -6.89. The molecule has 0 spiro atoms. The molecule has 0 aromatic rings. The van der Waals surface area contributed by atoms with Crippen molar-refractivity contribution in [1.29, 1.82) is 0 Å². The Bertz CT molecular complexity index is 670. The summed E-state index contributed by atoms with van der Waals surface area (Å²) in [6.07, 6.45) is -0.672. The van der Waals surface area contributed by atoms with Gasteiger partial charge in [0, 0.05) is 6.42 Å². The number of hydrogen-bond acceptors (Lipinski definition) is 8. The fourth-order valence-corrected chi connectivity index (χ4v) is 2.47. The minimum Gasteiger partial charge on any atom is -0.481 e. The molecule has 0 aliphatic carbocycles. The number of unbranched alkanes of at least 4 members (excludes halogenated alkanes) is 1. The zero-order valence-corrected chi connectivity index (χ0v) is 16.8. The molecule has 14 heteroatoms. The highest BCUT2D eigenvalue weighted by Gasteiger charge is 2.30. The first kappa shape index (κ1) is 27.7. The van der Waals surface area contributed by atoms with Gasteiger partial charge >= 0.3 is 17.9 Å². The molecule has 0 radical (unpaired) electrons. The molecule has 0 fully saturated rings. The van der Waals surface area contributed by atoms with Gasteiger partial charge in [0.2, 0.25) is 17.7 Å². The summed E-state index contributed by atoms with van der Waals surface area (Å²) in [4.78, 5) is 69.5. The Morgan fingerprint density at radius 3 is 1.71 bits per heavy atom. The van der Waals surface area contributed by atoms with Crippen molar-refractivity contribution in [2.45, 2.75) is 56.7 Å². The van der Waals surface area contributed by atoms with Crippen molar-refractivity contribution in [1.82, 2.24) is 16.0 Å². The zero-order chi connectivity index (χ0) is 24.0. The largest absolute Gasteiger partial charge is 0.481 e. The smallest absolute Gasteiger partial charge is 0.326 e. The van der Waals surface area contributed by atoms with Crippen molar-refractivity contribution >= 4 is 35.6 Å². The van der Waals surface area contributed by atoms with E-state index in [1.54, 1.807) is 0 Å². The summed E-state index contributed by atoms with van der Waals surface area (Å²) >= 11 is 0. The van der Waals surface area contributed by atoms with Gasteiger partial charge in [-0.3, -0.25) is 24.0 Å². The van der Waals surface area contributed by atoms with Crippen molar-refractivity contribution in [3.63, 3.8) is 0 Å². The van der Waals surface area contributed by atoms with Gasteiger partial charge in [0.25, 0.3) is 0 Å². The van der Waals surface area contributed by atoms with Crippen LogP contribution in [-0.2, 0) is 28.8 Å². The maximum absolute atomic E-state index is 12.6. The Morgan fingerprint density at radius 1 is 0.710 bits per heavy atom. The van der Waals surface area contributed by atoms with Gasteiger partial charge in [-0.2, -0.15) is 0 Å². The van der Waals surface area contributed by atoms with E-state index in [1.807, 2.05) is 5.32 Å². The summed E-state index contributed by atoms with van der Waals surface area (Å²) in [6.45, 7) is -0.0396. The van der Waals surface area contributed by atoms with E-state index in [9.17, 15) is 28.8 Å². The van der Waals surface area contributed by atoms with Crippen LogP contribution in [0.5, 0.6) is 0 Å². The van der Waals surface area contributed by atoms with E-state index in [0.29, 0.717) is 19.4 Å². The molecule has 0 aliphatic rings. The van der Waals surface area contributed by atoms with Crippen molar-refractivity contribution in [2.75, 3.05) is 13.1 Å². The highest BCUT2D eigenvalue weighted by atomic mass is 16.4. The summed E-state index contributed by atoms with van der Waals surface area (Å²) in [5.41, 5.74) is 10.6. The number of hydrogen-bond donors (Lipinski definition) is 8. The van der Waals surface area contributed by atoms with E-state index >= 15 is 0 Å². The van der Waals surface area contributed by atoms with Crippen LogP contribution in [0.25, 0.3) is 0 Å². The standard InChI is InChI=1S/C17H29N5O9/c18-6-2-1-3-9(20-12(23)8-19)15(28)21-10(4-5-13(24)25)16(29)22-11(17(30)31)7-14(26)27/h9-11H,1-8,18-19H2,(H,20,23)(H,21,28)(H,22,29)(H,24,25)(H,26,27)(H,30,31). The molecule has 10 N–H and O–H groups in total. The van der Waals surface area contributed by atoms with E-state index in [2.05, 4.69) is 10.6 Å². The molecule has 3 unspecified atom stereocenters. The maximum Gasteiger partial charge on any atom is 0.326 e. The normalized spacial score (nSPS) is 13.4. The van der Waals surface area contributed by atoms with Crippen LogP contribution in [0.15, 0.2) is 0 Å². The fourth-order valence-electron chi connectivity index (χ4n) is 2.47. The monoisotopic (exact) mass is 447 g/mol. The minimum atomic E-state index is -1.79. The van der Waals surface area contributed by atoms with Crippen LogP contribution in [0.2, 0.25) is 0 Å². The maximum atomic E-state index is 12.6. The highest BCUT2D eigenvalue weighted by Crippen LogP contribution is 2.05. The molecule has 14 nitrogen and oxygen atoms in total. The first-order valence-corrected chi connectivity index (χ1v) is 9.48. The van der Waals surface area contributed by atoms with Crippen LogP contribution in [0.3, 0.4) is 0 Å². The number of aliphatic carboxylic acids is 3. The molecule has 0 aromatic heterocycles. The van der Waals surface area contributed by atoms with Gasteiger partial charge in [-0.05, 0) is 32.2 Å². The molecule has 0 saturated heterocycles. The average molecular weight is 447 g/mol. The van der Waals surface area contributed by atoms with Crippen LogP contribution >= 0.6 is 0 Å². The lowest BCUT2D eigenvalue weighted by molar-refractivity contribution is -0.147. The number of rotatable bonds is 16. The molecule has 0 heterocycles. The quantitative estimate of drug-likeness (QED) is 0.110. The van der Waals surface area contributed by atoms with Gasteiger partial charge in [0.05, 0.1) is 13.0 Å². The Hall–Kier alpha value is -3.26. The van der Waals surface area contributed by atoms with Crippen molar-refractivity contribution < 1.29 is 44.1 Å². The van der Waals surface area contributed by atoms with Gasteiger partial charge in [0.15, 0.2) is 0 Å². The van der Waals surface area contributed by atoms with Gasteiger partial charge in [-0.25, -0.2) is 4.79 Å². The number of carbonyl (C=O) groups is 6. The Balaban J connectivity index is 5.41. The van der Waals surface area contributed by atoms with Gasteiger partial charge in [-0.1, -0.05) is 0 Å². The Labute approximate surface area is 177 Å². The van der Waals surface area contributed by atoms with Crippen LogP contribution in [0.4, 0.5) is 0 Å². The summed E-state index contributed by atoms with van der Waals surface area (Å²) in [6, 6.07) is -4.35. The number of carbonyl (C=O) groups excluding carboxylic acids is 3. The number of carboxylic acids is 3. The van der Waals surface area contributed by atoms with Gasteiger partial charge in [0.1, 0.15) is 18.1 Å². The van der Waals surface area contributed by atoms with Crippen LogP contribution in [0.1, 0.15) is 38.5 Å². The molecule has 3 atom stereocenters. The van der Waals surface area contributed by atoms with Gasteiger partial charge < -0.3 is 42.7 Å². The van der Waals surface area contributed by atoms with Crippen molar-refractivity contribution in [3.05, 3.63) is 0 Å². The summed E-state index contributed by atoms with van der Waals surface area (Å²) in [7, 11) is 0. The lowest BCUT2D eigenvalue weighted by atomic mass is 10.1. The third-order valence-electron chi connectivity index (χ3n) is 4.06. The topological polar surface area (TPSA) is 251 Å². The lowest BCUT2D eigenvalue weighted by Crippen LogP contribution is -2.56. The first-order chi connectivity index (χ1) is 14.5.